The molecule has 3 N–H and O–H groups in total. The van der Waals surface area contributed by atoms with Crippen molar-refractivity contribution in [2.24, 2.45) is 0 Å². The molecule has 2 atom stereocenters. The summed E-state index contributed by atoms with van der Waals surface area (Å²) < 4.78 is 5.30. The molecule has 2 unspecified atom stereocenters. The van der Waals surface area contributed by atoms with E-state index in [1.807, 2.05) is 19.1 Å². The number of nitrogen functional groups attached to an aromatic ring is 1. The van der Waals surface area contributed by atoms with Crippen molar-refractivity contribution < 1.29 is 9.53 Å². The maximum atomic E-state index is 12.2. The van der Waals surface area contributed by atoms with E-state index < -0.39 is 0 Å². The molecule has 0 aliphatic heterocycles. The van der Waals surface area contributed by atoms with E-state index in [0.717, 1.165) is 24.8 Å². The predicted molar refractivity (Wildman–Crippen MR) is 71.5 cm³/mol. The van der Waals surface area contributed by atoms with Gasteiger partial charge in [0.2, 0.25) is 0 Å². The zero-order valence-electron chi connectivity index (χ0n) is 10.9. The van der Waals surface area contributed by atoms with E-state index in [9.17, 15) is 4.79 Å². The van der Waals surface area contributed by atoms with Gasteiger partial charge in [-0.3, -0.25) is 4.79 Å². The molecule has 0 saturated heterocycles. The number of anilines is 1. The zero-order chi connectivity index (χ0) is 13.1. The average Bonchev–Trinajstić information content (AvgIpc) is 2.76. The van der Waals surface area contributed by atoms with Crippen LogP contribution in [0.5, 0.6) is 0 Å². The number of amides is 1. The number of nitrogens with one attached hydrogen (secondary N) is 1. The Kier molecular flexibility index (Phi) is 3.87. The van der Waals surface area contributed by atoms with E-state index in [-0.39, 0.29) is 18.1 Å². The van der Waals surface area contributed by atoms with E-state index in [4.69, 9.17) is 10.5 Å². The second kappa shape index (κ2) is 5.40. The molecular weight excluding hydrogens is 228 g/mol. The topological polar surface area (TPSA) is 64.3 Å². The zero-order valence-corrected chi connectivity index (χ0v) is 10.9. The van der Waals surface area contributed by atoms with Crippen LogP contribution in [0.1, 0.15) is 35.2 Å². The Morgan fingerprint density at radius 2 is 2.22 bits per heavy atom. The molecule has 2 rings (SSSR count). The fraction of sp³-hybridized carbons (Fsp3) is 0.500. The van der Waals surface area contributed by atoms with Crippen molar-refractivity contribution >= 4 is 11.6 Å². The smallest absolute Gasteiger partial charge is 0.253 e. The summed E-state index contributed by atoms with van der Waals surface area (Å²) >= 11 is 0. The fourth-order valence-corrected chi connectivity index (χ4v) is 2.54. The monoisotopic (exact) mass is 248 g/mol. The van der Waals surface area contributed by atoms with Crippen LogP contribution in [0.15, 0.2) is 18.2 Å². The van der Waals surface area contributed by atoms with Crippen LogP contribution in [-0.4, -0.2) is 25.2 Å². The number of benzene rings is 1. The largest absolute Gasteiger partial charge is 0.398 e. The van der Waals surface area contributed by atoms with Gasteiger partial charge in [-0.2, -0.15) is 0 Å². The van der Waals surface area contributed by atoms with Gasteiger partial charge in [0, 0.05) is 18.8 Å². The second-order valence-electron chi connectivity index (χ2n) is 4.88. The summed E-state index contributed by atoms with van der Waals surface area (Å²) in [5, 5.41) is 3.04. The third kappa shape index (κ3) is 2.64. The summed E-state index contributed by atoms with van der Waals surface area (Å²) in [6.07, 6.45) is 3.12. The first-order chi connectivity index (χ1) is 8.61. The molecule has 1 aromatic rings. The minimum absolute atomic E-state index is 0.0765. The molecule has 18 heavy (non-hydrogen) atoms. The van der Waals surface area contributed by atoms with Gasteiger partial charge in [-0.1, -0.05) is 12.1 Å². The van der Waals surface area contributed by atoms with Crippen LogP contribution < -0.4 is 11.1 Å². The quantitative estimate of drug-likeness (QED) is 0.803. The lowest BCUT2D eigenvalue weighted by atomic mass is 10.1. The van der Waals surface area contributed by atoms with Crippen LogP contribution in [0.4, 0.5) is 5.69 Å². The van der Waals surface area contributed by atoms with Crippen molar-refractivity contribution in [3.63, 3.8) is 0 Å². The Labute approximate surface area is 108 Å². The van der Waals surface area contributed by atoms with E-state index in [1.54, 1.807) is 13.2 Å². The van der Waals surface area contributed by atoms with Crippen LogP contribution in [0.3, 0.4) is 0 Å². The van der Waals surface area contributed by atoms with Crippen LogP contribution in [-0.2, 0) is 4.74 Å². The lowest BCUT2D eigenvalue weighted by molar-refractivity contribution is 0.0915. The Hall–Kier alpha value is -1.55. The predicted octanol–water partition coefficient (Wildman–Crippen LogP) is 1.87. The maximum absolute atomic E-state index is 12.2. The Bertz CT molecular complexity index is 425. The Morgan fingerprint density at radius 1 is 1.44 bits per heavy atom. The number of rotatable bonds is 3. The maximum Gasteiger partial charge on any atom is 0.253 e. The van der Waals surface area contributed by atoms with Crippen molar-refractivity contribution in [3.8, 4) is 0 Å². The molecule has 1 aromatic carbocycles. The third-order valence-corrected chi connectivity index (χ3v) is 3.59. The number of carbonyl (C=O) groups excluding carboxylic acids is 1. The van der Waals surface area contributed by atoms with Gasteiger partial charge in [-0.15, -0.1) is 0 Å². The van der Waals surface area contributed by atoms with Crippen LogP contribution in [0, 0.1) is 6.92 Å². The van der Waals surface area contributed by atoms with Gasteiger partial charge in [0.15, 0.2) is 0 Å². The van der Waals surface area contributed by atoms with Gasteiger partial charge in [0.1, 0.15) is 0 Å². The van der Waals surface area contributed by atoms with Gasteiger partial charge in [0.05, 0.1) is 11.7 Å². The highest BCUT2D eigenvalue weighted by atomic mass is 16.5. The molecular formula is C14H20N2O2. The number of ether oxygens (including phenoxy) is 1. The standard InChI is InChI=1S/C14H20N2O2/c1-9-4-3-5-12(15)13(9)14(17)16-10-6-7-11(8-10)18-2/h3-5,10-11H,6-8,15H2,1-2H3,(H,16,17). The second-order valence-corrected chi connectivity index (χ2v) is 4.88. The van der Waals surface area contributed by atoms with Crippen LogP contribution >= 0.6 is 0 Å². The first kappa shape index (κ1) is 12.9. The lowest BCUT2D eigenvalue weighted by Crippen LogP contribution is -2.34. The third-order valence-electron chi connectivity index (χ3n) is 3.59. The van der Waals surface area contributed by atoms with E-state index in [2.05, 4.69) is 5.32 Å². The molecule has 4 nitrogen and oxygen atoms in total. The minimum Gasteiger partial charge on any atom is -0.398 e. The number of carbonyl (C=O) groups is 1. The van der Waals surface area contributed by atoms with Crippen molar-refractivity contribution in [2.75, 3.05) is 12.8 Å². The number of hydrogen-bond acceptors (Lipinski definition) is 3. The summed E-state index contributed by atoms with van der Waals surface area (Å²) in [4.78, 5) is 12.2. The molecule has 98 valence electrons. The number of hydrogen-bond donors (Lipinski definition) is 2. The molecule has 1 saturated carbocycles. The Balaban J connectivity index is 2.04. The normalized spacial score (nSPS) is 23.0. The molecule has 0 heterocycles. The van der Waals surface area contributed by atoms with Crippen molar-refractivity contribution in [1.82, 2.24) is 5.32 Å². The molecule has 4 heteroatoms. The fourth-order valence-electron chi connectivity index (χ4n) is 2.54. The van der Waals surface area contributed by atoms with Crippen LogP contribution in [0.2, 0.25) is 0 Å². The van der Waals surface area contributed by atoms with E-state index in [1.165, 1.54) is 0 Å². The molecule has 1 aliphatic rings. The van der Waals surface area contributed by atoms with Gasteiger partial charge >= 0.3 is 0 Å². The number of nitrogens with two attached hydrogens (primary N) is 1. The van der Waals surface area contributed by atoms with Gasteiger partial charge in [-0.25, -0.2) is 0 Å². The first-order valence-electron chi connectivity index (χ1n) is 6.30. The van der Waals surface area contributed by atoms with Gasteiger partial charge < -0.3 is 15.8 Å². The molecule has 0 aromatic heterocycles. The molecule has 1 fully saturated rings. The lowest BCUT2D eigenvalue weighted by Gasteiger charge is -2.15. The number of aryl methyl sites for hydroxylation is 1. The summed E-state index contributed by atoms with van der Waals surface area (Å²) in [5.74, 6) is -0.0765. The van der Waals surface area contributed by atoms with Crippen molar-refractivity contribution in [3.05, 3.63) is 29.3 Å². The van der Waals surface area contributed by atoms with Gasteiger partial charge in [0.25, 0.3) is 5.91 Å². The van der Waals surface area contributed by atoms with Gasteiger partial charge in [-0.05, 0) is 37.8 Å². The summed E-state index contributed by atoms with van der Waals surface area (Å²) in [6.45, 7) is 1.90. The highest BCUT2D eigenvalue weighted by molar-refractivity contribution is 6.00. The minimum atomic E-state index is -0.0765. The highest BCUT2D eigenvalue weighted by Crippen LogP contribution is 2.23. The van der Waals surface area contributed by atoms with Crippen LogP contribution in [0.25, 0.3) is 0 Å². The van der Waals surface area contributed by atoms with E-state index >= 15 is 0 Å². The summed E-state index contributed by atoms with van der Waals surface area (Å²) in [5.41, 5.74) is 7.91. The molecule has 1 amide bonds. The summed E-state index contributed by atoms with van der Waals surface area (Å²) in [7, 11) is 1.72. The molecule has 1 aliphatic carbocycles. The van der Waals surface area contributed by atoms with E-state index in [0.29, 0.717) is 11.3 Å². The Morgan fingerprint density at radius 3 is 2.83 bits per heavy atom. The average molecular weight is 248 g/mol. The van der Waals surface area contributed by atoms with Crippen molar-refractivity contribution in [1.29, 1.82) is 0 Å². The SMILES string of the molecule is COC1CCC(NC(=O)c2c(C)cccc2N)C1. The summed E-state index contributed by atoms with van der Waals surface area (Å²) in [6, 6.07) is 5.71. The molecule has 0 radical (unpaired) electrons. The molecule has 0 spiro atoms. The number of methoxy groups -OCH3 is 1. The highest BCUT2D eigenvalue weighted by Gasteiger charge is 2.26. The first-order valence-corrected chi connectivity index (χ1v) is 6.30. The molecule has 0 bridgehead atoms. The van der Waals surface area contributed by atoms with Crippen molar-refractivity contribution in [2.45, 2.75) is 38.3 Å².